The van der Waals surface area contributed by atoms with E-state index < -0.39 is 0 Å². The highest BCUT2D eigenvalue weighted by atomic mass is 32.1. The molecule has 2 N–H and O–H groups in total. The highest BCUT2D eigenvalue weighted by molar-refractivity contribution is 7.10. The van der Waals surface area contributed by atoms with E-state index in [0.29, 0.717) is 13.1 Å². The molecule has 5 heteroatoms. The highest BCUT2D eigenvalue weighted by Gasteiger charge is 2.35. The van der Waals surface area contributed by atoms with E-state index in [9.17, 15) is 4.79 Å². The van der Waals surface area contributed by atoms with Crippen molar-refractivity contribution in [3.63, 3.8) is 0 Å². The van der Waals surface area contributed by atoms with E-state index in [1.807, 2.05) is 17.0 Å². The minimum absolute atomic E-state index is 0.0215. The van der Waals surface area contributed by atoms with Gasteiger partial charge in [0.2, 0.25) is 0 Å². The monoisotopic (exact) mass is 356 g/mol. The highest BCUT2D eigenvalue weighted by Crippen LogP contribution is 2.33. The molecule has 2 atom stereocenters. The lowest BCUT2D eigenvalue weighted by Gasteiger charge is -2.18. The Labute approximate surface area is 152 Å². The van der Waals surface area contributed by atoms with Crippen molar-refractivity contribution in [2.75, 3.05) is 20.2 Å². The van der Waals surface area contributed by atoms with Crippen molar-refractivity contribution in [1.29, 1.82) is 0 Å². The smallest absolute Gasteiger partial charge is 0.255 e. The second-order valence-corrected chi connectivity index (χ2v) is 7.98. The summed E-state index contributed by atoms with van der Waals surface area (Å²) >= 11 is 1.75. The molecule has 1 amide bonds. The average molecular weight is 356 g/mol. The van der Waals surface area contributed by atoms with Crippen LogP contribution in [0.1, 0.15) is 45.1 Å². The van der Waals surface area contributed by atoms with Crippen LogP contribution in [0.15, 0.2) is 29.6 Å². The molecule has 0 radical (unpaired) electrons. The summed E-state index contributed by atoms with van der Waals surface area (Å²) in [6, 6.07) is 8.02. The molecule has 1 aromatic carbocycles. The van der Waals surface area contributed by atoms with Crippen LogP contribution in [0.4, 0.5) is 0 Å². The summed E-state index contributed by atoms with van der Waals surface area (Å²) in [7, 11) is 1.66. The van der Waals surface area contributed by atoms with Gasteiger partial charge < -0.3 is 15.4 Å². The van der Waals surface area contributed by atoms with E-state index >= 15 is 0 Å². The summed E-state index contributed by atoms with van der Waals surface area (Å²) in [4.78, 5) is 16.4. The van der Waals surface area contributed by atoms with Gasteiger partial charge in [0.05, 0.1) is 12.7 Å². The molecule has 2 aromatic rings. The molecule has 0 saturated carbocycles. The molecule has 0 spiro atoms. The molecule has 0 bridgehead atoms. The lowest BCUT2D eigenvalue weighted by atomic mass is 9.95. The summed E-state index contributed by atoms with van der Waals surface area (Å²) in [5.41, 5.74) is 9.77. The van der Waals surface area contributed by atoms with Crippen LogP contribution in [0.25, 0.3) is 0 Å². The molecule has 2 aliphatic rings. The zero-order chi connectivity index (χ0) is 17.4. The van der Waals surface area contributed by atoms with Crippen LogP contribution in [-0.2, 0) is 12.8 Å². The number of fused-ring (bicyclic) bond motifs is 1. The van der Waals surface area contributed by atoms with E-state index in [-0.39, 0.29) is 17.9 Å². The van der Waals surface area contributed by atoms with E-state index in [2.05, 4.69) is 17.5 Å². The van der Waals surface area contributed by atoms with Gasteiger partial charge in [-0.3, -0.25) is 4.79 Å². The number of hydrogen-bond acceptors (Lipinski definition) is 4. The third-order valence-corrected chi connectivity index (χ3v) is 6.58. The molecule has 1 fully saturated rings. The maximum atomic E-state index is 13.1. The number of nitrogens with zero attached hydrogens (tertiary/aromatic N) is 1. The molecule has 1 aromatic heterocycles. The normalized spacial score (nSPS) is 22.7. The van der Waals surface area contributed by atoms with E-state index in [0.717, 1.165) is 24.2 Å². The van der Waals surface area contributed by atoms with Crippen LogP contribution in [0.3, 0.4) is 0 Å². The molecule has 1 aliphatic heterocycles. The van der Waals surface area contributed by atoms with Crippen molar-refractivity contribution < 1.29 is 9.53 Å². The molecule has 1 saturated heterocycles. The van der Waals surface area contributed by atoms with Crippen molar-refractivity contribution in [3.05, 3.63) is 51.2 Å². The number of carbonyl (C=O) groups excluding carboxylic acids is 1. The van der Waals surface area contributed by atoms with Crippen LogP contribution in [-0.4, -0.2) is 37.0 Å². The quantitative estimate of drug-likeness (QED) is 0.919. The first-order valence-corrected chi connectivity index (χ1v) is 9.83. The van der Waals surface area contributed by atoms with Crippen molar-refractivity contribution in [2.24, 2.45) is 5.73 Å². The van der Waals surface area contributed by atoms with Gasteiger partial charge in [-0.25, -0.2) is 0 Å². The predicted molar refractivity (Wildman–Crippen MR) is 101 cm³/mol. The second-order valence-electron chi connectivity index (χ2n) is 7.01. The molecule has 4 rings (SSSR count). The Morgan fingerprint density at radius 3 is 2.72 bits per heavy atom. The SMILES string of the molecule is COc1ccc([C@H]2CN(C(=O)c3csc4c3CCCC4)C[C@@H]2N)cc1. The number of thiophene rings is 1. The van der Waals surface area contributed by atoms with Crippen LogP contribution in [0.2, 0.25) is 0 Å². The molecular weight excluding hydrogens is 332 g/mol. The molecule has 1 aliphatic carbocycles. The van der Waals surface area contributed by atoms with Gasteiger partial charge in [0.25, 0.3) is 5.91 Å². The fraction of sp³-hybridized carbons (Fsp3) is 0.450. The predicted octanol–water partition coefficient (Wildman–Crippen LogP) is 3.20. The number of amides is 1. The van der Waals surface area contributed by atoms with Gasteiger partial charge in [-0.1, -0.05) is 12.1 Å². The third-order valence-electron chi connectivity index (χ3n) is 5.49. The Morgan fingerprint density at radius 2 is 1.96 bits per heavy atom. The lowest BCUT2D eigenvalue weighted by molar-refractivity contribution is 0.0788. The summed E-state index contributed by atoms with van der Waals surface area (Å²) in [6.45, 7) is 1.32. The van der Waals surface area contributed by atoms with Gasteiger partial charge in [0, 0.05) is 35.3 Å². The minimum Gasteiger partial charge on any atom is -0.497 e. The van der Waals surface area contributed by atoms with Crippen LogP contribution < -0.4 is 10.5 Å². The van der Waals surface area contributed by atoms with E-state index in [1.54, 1.807) is 18.4 Å². The second kappa shape index (κ2) is 6.81. The van der Waals surface area contributed by atoms with Crippen molar-refractivity contribution in [2.45, 2.75) is 37.6 Å². The van der Waals surface area contributed by atoms with Crippen LogP contribution in [0, 0.1) is 0 Å². The molecule has 4 nitrogen and oxygen atoms in total. The van der Waals surface area contributed by atoms with Gasteiger partial charge >= 0.3 is 0 Å². The Bertz CT molecular complexity index is 769. The lowest BCUT2D eigenvalue weighted by Crippen LogP contribution is -2.32. The number of hydrogen-bond donors (Lipinski definition) is 1. The third kappa shape index (κ3) is 3.07. The standard InChI is InChI=1S/C20H24N2O2S/c1-24-14-8-6-13(7-9-14)16-10-22(11-18(16)21)20(23)17-12-25-19-5-3-2-4-15(17)19/h6-9,12,16,18H,2-5,10-11,21H2,1H3/t16-,18+/m1/s1. The molecule has 0 unspecified atom stereocenters. The minimum atomic E-state index is -0.0215. The van der Waals surface area contributed by atoms with Crippen molar-refractivity contribution >= 4 is 17.2 Å². The van der Waals surface area contributed by atoms with Gasteiger partial charge in [0.15, 0.2) is 0 Å². The van der Waals surface area contributed by atoms with Gasteiger partial charge in [0.1, 0.15) is 5.75 Å². The molecule has 25 heavy (non-hydrogen) atoms. The number of ether oxygens (including phenoxy) is 1. The Kier molecular flexibility index (Phi) is 4.52. The largest absolute Gasteiger partial charge is 0.497 e. The Hall–Kier alpha value is -1.85. The average Bonchev–Trinajstić information content (AvgIpc) is 3.25. The van der Waals surface area contributed by atoms with Gasteiger partial charge in [-0.15, -0.1) is 11.3 Å². The van der Waals surface area contributed by atoms with E-state index in [1.165, 1.54) is 28.8 Å². The topological polar surface area (TPSA) is 55.6 Å². The van der Waals surface area contributed by atoms with Gasteiger partial charge in [-0.2, -0.15) is 0 Å². The van der Waals surface area contributed by atoms with Crippen LogP contribution >= 0.6 is 11.3 Å². The fourth-order valence-corrected chi connectivity index (χ4v) is 5.16. The Balaban J connectivity index is 1.52. The fourth-order valence-electron chi connectivity index (χ4n) is 4.04. The number of nitrogens with two attached hydrogens (primary N) is 1. The zero-order valence-electron chi connectivity index (χ0n) is 14.5. The van der Waals surface area contributed by atoms with Gasteiger partial charge in [-0.05, 0) is 48.9 Å². The number of rotatable bonds is 3. The first kappa shape index (κ1) is 16.6. The zero-order valence-corrected chi connectivity index (χ0v) is 15.3. The summed E-state index contributed by atoms with van der Waals surface area (Å²) < 4.78 is 5.23. The number of aryl methyl sites for hydroxylation is 1. The van der Waals surface area contributed by atoms with E-state index in [4.69, 9.17) is 10.5 Å². The first-order chi connectivity index (χ1) is 12.2. The number of benzene rings is 1. The number of likely N-dealkylation sites (tertiary alicyclic amines) is 1. The number of methoxy groups -OCH3 is 1. The molecular formula is C20H24N2O2S. The van der Waals surface area contributed by atoms with Crippen molar-refractivity contribution in [3.8, 4) is 5.75 Å². The number of carbonyl (C=O) groups is 1. The van der Waals surface area contributed by atoms with Crippen LogP contribution in [0.5, 0.6) is 5.75 Å². The first-order valence-electron chi connectivity index (χ1n) is 8.95. The Morgan fingerprint density at radius 1 is 1.20 bits per heavy atom. The molecule has 132 valence electrons. The summed E-state index contributed by atoms with van der Waals surface area (Å²) in [6.07, 6.45) is 4.61. The van der Waals surface area contributed by atoms with Crippen molar-refractivity contribution in [1.82, 2.24) is 4.90 Å². The summed E-state index contributed by atoms with van der Waals surface area (Å²) in [5.74, 6) is 1.18. The maximum Gasteiger partial charge on any atom is 0.255 e. The maximum absolute atomic E-state index is 13.1. The summed E-state index contributed by atoms with van der Waals surface area (Å²) in [5, 5.41) is 2.06. The molecule has 2 heterocycles.